The number of ether oxygens (including phenoxy) is 1. The lowest BCUT2D eigenvalue weighted by Crippen LogP contribution is -2.39. The molecule has 7 rings (SSSR count). The highest BCUT2D eigenvalue weighted by atomic mass is 79.9. The van der Waals surface area contributed by atoms with Crippen LogP contribution in [-0.4, -0.2) is 36.6 Å². The molecule has 0 unspecified atom stereocenters. The third-order valence-electron chi connectivity index (χ3n) is 8.42. The molecule has 0 spiro atoms. The van der Waals surface area contributed by atoms with Crippen molar-refractivity contribution in [1.29, 1.82) is 0 Å². The molecular weight excluding hydrogens is 744 g/mol. The van der Waals surface area contributed by atoms with E-state index in [0.29, 0.717) is 27.3 Å². The maximum atomic E-state index is 13.0. The molecule has 2 heterocycles. The molecule has 0 aliphatic heterocycles. The molecule has 0 amide bonds. The predicted molar refractivity (Wildman–Crippen MR) is 197 cm³/mol. The summed E-state index contributed by atoms with van der Waals surface area (Å²) in [6.07, 6.45) is 0. The van der Waals surface area contributed by atoms with Crippen LogP contribution in [0.15, 0.2) is 153 Å². The molecule has 0 atom stereocenters. The van der Waals surface area contributed by atoms with E-state index in [4.69, 9.17) is 9.95 Å². The van der Waals surface area contributed by atoms with Gasteiger partial charge in [0.1, 0.15) is 14.5 Å². The molecule has 10 heteroatoms. The summed E-state index contributed by atoms with van der Waals surface area (Å²) < 4.78 is 9.84. The summed E-state index contributed by atoms with van der Waals surface area (Å²) in [5, 5.41) is 18.1. The van der Waals surface area contributed by atoms with Crippen molar-refractivity contribution in [3.63, 3.8) is 0 Å². The molecule has 8 nitrogen and oxygen atoms in total. The van der Waals surface area contributed by atoms with Crippen molar-refractivity contribution in [2.75, 3.05) is 6.61 Å². The Balaban J connectivity index is 1.34. The van der Waals surface area contributed by atoms with Gasteiger partial charge in [0.15, 0.2) is 5.82 Å². The minimum absolute atomic E-state index is 0.254. The summed E-state index contributed by atoms with van der Waals surface area (Å²) in [5.74, 6) is 0.977. The lowest BCUT2D eigenvalue weighted by Gasteiger charge is -2.36. The molecule has 0 saturated heterocycles. The van der Waals surface area contributed by atoms with E-state index >= 15 is 0 Å². The molecular formula is C39H30Br2N6O2. The highest BCUT2D eigenvalue weighted by molar-refractivity contribution is 9.13. The van der Waals surface area contributed by atoms with Crippen molar-refractivity contribution in [3.8, 4) is 28.4 Å². The van der Waals surface area contributed by atoms with Crippen LogP contribution in [0.3, 0.4) is 0 Å². The quantitative estimate of drug-likeness (QED) is 0.130. The molecule has 0 aliphatic carbocycles. The average Bonchev–Trinajstić information content (AvgIpc) is 3.65. The molecule has 49 heavy (non-hydrogen) atoms. The molecule has 2 aromatic heterocycles. The lowest BCUT2D eigenvalue weighted by atomic mass is 9.77. The molecule has 242 valence electrons. The second-order valence-corrected chi connectivity index (χ2v) is 12.9. The first-order valence-corrected chi connectivity index (χ1v) is 17.3. The van der Waals surface area contributed by atoms with Crippen LogP contribution >= 0.6 is 31.9 Å². The van der Waals surface area contributed by atoms with Gasteiger partial charge in [0.2, 0.25) is 5.88 Å². The largest absolute Gasteiger partial charge is 0.476 e. The van der Waals surface area contributed by atoms with Gasteiger partial charge in [-0.2, -0.15) is 0 Å². The number of benzene rings is 5. The van der Waals surface area contributed by atoms with Crippen LogP contribution in [0.25, 0.3) is 22.5 Å². The monoisotopic (exact) mass is 772 g/mol. The summed E-state index contributed by atoms with van der Waals surface area (Å²) in [7, 11) is 0. The Morgan fingerprint density at radius 3 is 1.76 bits per heavy atom. The molecule has 5 aromatic carbocycles. The minimum Gasteiger partial charge on any atom is -0.476 e. The van der Waals surface area contributed by atoms with Crippen molar-refractivity contribution in [1.82, 2.24) is 30.0 Å². The van der Waals surface area contributed by atoms with Gasteiger partial charge in [0.05, 0.1) is 13.2 Å². The second kappa shape index (κ2) is 14.1. The van der Waals surface area contributed by atoms with Gasteiger partial charge in [-0.25, -0.2) is 9.36 Å². The maximum Gasteiger partial charge on any atom is 0.282 e. The number of tetrazole rings is 1. The molecule has 0 N–H and O–H groups in total. The normalized spacial score (nSPS) is 11.4. The van der Waals surface area contributed by atoms with Crippen LogP contribution in [0, 0.1) is 0 Å². The standard InChI is InChI=1S/C39H30Br2N6O2/c1-2-49-37-34(40)35(41)38(48)46(43-37)26-27-22-24-28(25-23-27)32-20-12-13-21-33(32)36-42-44-45-47(36)39(29-14-6-3-7-15-29,30-16-8-4-9-17-30)31-18-10-5-11-19-31/h3-25H,2,26H2,1H3. The molecule has 7 aromatic rings. The van der Waals surface area contributed by atoms with Crippen molar-refractivity contribution < 1.29 is 4.74 Å². The fourth-order valence-corrected chi connectivity index (χ4v) is 6.95. The van der Waals surface area contributed by atoms with Crippen molar-refractivity contribution in [2.45, 2.75) is 19.0 Å². The molecule has 0 saturated carbocycles. The van der Waals surface area contributed by atoms with E-state index in [1.807, 2.05) is 103 Å². The second-order valence-electron chi connectivity index (χ2n) is 11.3. The Labute approximate surface area is 300 Å². The van der Waals surface area contributed by atoms with E-state index < -0.39 is 5.54 Å². The van der Waals surface area contributed by atoms with Crippen molar-refractivity contribution >= 4 is 31.9 Å². The number of hydrogen-bond donors (Lipinski definition) is 0. The SMILES string of the molecule is CCOc1nn(Cc2ccc(-c3ccccc3-c3nnnn3C(c3ccccc3)(c3ccccc3)c3ccccc3)cc2)c(=O)c(Br)c1Br. The highest BCUT2D eigenvalue weighted by Gasteiger charge is 2.42. The number of rotatable bonds is 10. The van der Waals surface area contributed by atoms with Gasteiger partial charge < -0.3 is 4.74 Å². The van der Waals surface area contributed by atoms with Gasteiger partial charge in [0, 0.05) is 5.56 Å². The van der Waals surface area contributed by atoms with E-state index in [9.17, 15) is 4.79 Å². The smallest absolute Gasteiger partial charge is 0.282 e. The molecule has 0 radical (unpaired) electrons. The van der Waals surface area contributed by atoms with Gasteiger partial charge in [0.25, 0.3) is 5.56 Å². The van der Waals surface area contributed by atoms with Crippen LogP contribution in [0.2, 0.25) is 0 Å². The average molecular weight is 775 g/mol. The minimum atomic E-state index is -0.876. The zero-order valence-corrected chi connectivity index (χ0v) is 29.6. The van der Waals surface area contributed by atoms with Gasteiger partial charge >= 0.3 is 0 Å². The fraction of sp³-hybridized carbons (Fsp3) is 0.103. The topological polar surface area (TPSA) is 87.7 Å². The first-order chi connectivity index (χ1) is 24.0. The van der Waals surface area contributed by atoms with Gasteiger partial charge in [-0.1, -0.05) is 140 Å². The summed E-state index contributed by atoms with van der Waals surface area (Å²) in [6.45, 7) is 2.58. The Bertz CT molecular complexity index is 2160. The van der Waals surface area contributed by atoms with E-state index in [-0.39, 0.29) is 12.1 Å². The first-order valence-electron chi connectivity index (χ1n) is 15.8. The van der Waals surface area contributed by atoms with E-state index in [1.54, 1.807) is 0 Å². The summed E-state index contributed by atoms with van der Waals surface area (Å²) in [6, 6.07) is 47.3. The van der Waals surface area contributed by atoms with Crippen LogP contribution in [-0.2, 0) is 12.1 Å². The number of hydrogen-bond acceptors (Lipinski definition) is 6. The fourth-order valence-electron chi connectivity index (χ4n) is 6.21. The predicted octanol–water partition coefficient (Wildman–Crippen LogP) is 8.38. The van der Waals surface area contributed by atoms with Crippen molar-refractivity contribution in [2.24, 2.45) is 0 Å². The number of halogens is 2. The molecule has 0 bridgehead atoms. The van der Waals surface area contributed by atoms with Crippen molar-refractivity contribution in [3.05, 3.63) is 181 Å². The zero-order valence-electron chi connectivity index (χ0n) is 26.4. The van der Waals surface area contributed by atoms with Gasteiger partial charge in [-0.3, -0.25) is 4.79 Å². The van der Waals surface area contributed by atoms with E-state index in [1.165, 1.54) is 4.68 Å². The zero-order chi connectivity index (χ0) is 33.8. The summed E-state index contributed by atoms with van der Waals surface area (Å²) in [5.41, 5.74) is 5.68. The Morgan fingerprint density at radius 2 is 1.20 bits per heavy atom. The summed E-state index contributed by atoms with van der Waals surface area (Å²) >= 11 is 6.78. The Morgan fingerprint density at radius 1 is 0.673 bits per heavy atom. The third-order valence-corrected chi connectivity index (χ3v) is 10.4. The van der Waals surface area contributed by atoms with E-state index in [2.05, 4.69) is 95.8 Å². The summed E-state index contributed by atoms with van der Waals surface area (Å²) in [4.78, 5) is 13.0. The highest BCUT2D eigenvalue weighted by Crippen LogP contribution is 2.43. The van der Waals surface area contributed by atoms with Crippen LogP contribution < -0.4 is 10.3 Å². The van der Waals surface area contributed by atoms with Gasteiger partial charge in [-0.15, -0.1) is 10.2 Å². The Hall–Kier alpha value is -5.19. The van der Waals surface area contributed by atoms with Crippen LogP contribution in [0.5, 0.6) is 5.88 Å². The lowest BCUT2D eigenvalue weighted by molar-refractivity contribution is 0.311. The third kappa shape index (κ3) is 6.02. The number of nitrogens with zero attached hydrogens (tertiary/aromatic N) is 6. The first kappa shape index (κ1) is 32.4. The van der Waals surface area contributed by atoms with Crippen LogP contribution in [0.4, 0.5) is 0 Å². The molecule has 0 fully saturated rings. The van der Waals surface area contributed by atoms with E-state index in [0.717, 1.165) is 38.9 Å². The van der Waals surface area contributed by atoms with Crippen LogP contribution in [0.1, 0.15) is 29.2 Å². The number of aromatic nitrogens is 6. The molecule has 0 aliphatic rings. The Kier molecular flexibility index (Phi) is 9.32. The van der Waals surface area contributed by atoms with Gasteiger partial charge in [-0.05, 0) is 82.6 Å². The maximum absolute atomic E-state index is 13.0.